The Morgan fingerprint density at radius 3 is 2.68 bits per heavy atom. The minimum Gasteiger partial charge on any atom is -0.319 e. The van der Waals surface area contributed by atoms with Crippen molar-refractivity contribution in [1.82, 2.24) is 4.98 Å². The molecule has 0 saturated heterocycles. The standard InChI is InChI=1S/C13H9Cl3N2O/c1-7-4-11(12(16)17-6-7)18-13(19)9-5-8(14)2-3-10(9)15/h2-6H,1H3,(H,18,19). The molecule has 1 N–H and O–H groups in total. The summed E-state index contributed by atoms with van der Waals surface area (Å²) in [7, 11) is 0. The van der Waals surface area contributed by atoms with Crippen LogP contribution in [0.5, 0.6) is 0 Å². The number of hydrogen-bond donors (Lipinski definition) is 1. The lowest BCUT2D eigenvalue weighted by Gasteiger charge is -2.09. The molecule has 1 aromatic carbocycles. The molecule has 0 fully saturated rings. The molecule has 0 saturated carbocycles. The van der Waals surface area contributed by atoms with Crippen LogP contribution >= 0.6 is 34.8 Å². The summed E-state index contributed by atoms with van der Waals surface area (Å²) in [6.45, 7) is 1.85. The summed E-state index contributed by atoms with van der Waals surface area (Å²) in [6, 6.07) is 6.40. The number of nitrogens with one attached hydrogen (secondary N) is 1. The molecule has 0 aliphatic heterocycles. The van der Waals surface area contributed by atoms with Gasteiger partial charge < -0.3 is 5.32 Å². The van der Waals surface area contributed by atoms with Crippen LogP contribution < -0.4 is 5.32 Å². The molecule has 0 unspecified atom stereocenters. The van der Waals surface area contributed by atoms with Crippen LogP contribution in [-0.2, 0) is 0 Å². The highest BCUT2D eigenvalue weighted by atomic mass is 35.5. The smallest absolute Gasteiger partial charge is 0.257 e. The monoisotopic (exact) mass is 314 g/mol. The van der Waals surface area contributed by atoms with Crippen molar-refractivity contribution in [2.45, 2.75) is 6.92 Å². The summed E-state index contributed by atoms with van der Waals surface area (Å²) >= 11 is 17.7. The van der Waals surface area contributed by atoms with Crippen molar-refractivity contribution in [1.29, 1.82) is 0 Å². The van der Waals surface area contributed by atoms with E-state index in [-0.39, 0.29) is 16.6 Å². The number of benzene rings is 1. The van der Waals surface area contributed by atoms with E-state index in [9.17, 15) is 4.79 Å². The summed E-state index contributed by atoms with van der Waals surface area (Å²) in [4.78, 5) is 16.1. The average Bonchev–Trinajstić information content (AvgIpc) is 2.36. The molecule has 0 aliphatic carbocycles. The lowest BCUT2D eigenvalue weighted by molar-refractivity contribution is 0.102. The second kappa shape index (κ2) is 5.78. The molecule has 98 valence electrons. The third-order valence-corrected chi connectivity index (χ3v) is 3.26. The zero-order valence-electron chi connectivity index (χ0n) is 9.88. The second-order valence-electron chi connectivity index (χ2n) is 3.93. The van der Waals surface area contributed by atoms with Gasteiger partial charge in [-0.25, -0.2) is 4.98 Å². The Bertz CT molecular complexity index is 644. The highest BCUT2D eigenvalue weighted by molar-refractivity contribution is 6.37. The van der Waals surface area contributed by atoms with Crippen molar-refractivity contribution >= 4 is 46.4 Å². The van der Waals surface area contributed by atoms with Gasteiger partial charge in [0.25, 0.3) is 5.91 Å². The molecule has 0 atom stereocenters. The van der Waals surface area contributed by atoms with Gasteiger partial charge >= 0.3 is 0 Å². The molecule has 1 amide bonds. The van der Waals surface area contributed by atoms with Gasteiger partial charge in [-0.3, -0.25) is 4.79 Å². The van der Waals surface area contributed by atoms with Gasteiger partial charge in [0.05, 0.1) is 16.3 Å². The summed E-state index contributed by atoms with van der Waals surface area (Å²) in [5.41, 5.74) is 1.60. The maximum atomic E-state index is 12.1. The fourth-order valence-electron chi connectivity index (χ4n) is 1.50. The first-order valence-electron chi connectivity index (χ1n) is 5.36. The first-order valence-corrected chi connectivity index (χ1v) is 6.49. The number of carbonyl (C=O) groups excluding carboxylic acids is 1. The van der Waals surface area contributed by atoms with E-state index in [2.05, 4.69) is 10.3 Å². The van der Waals surface area contributed by atoms with E-state index < -0.39 is 0 Å². The number of aryl methyl sites for hydroxylation is 1. The van der Waals surface area contributed by atoms with Crippen LogP contribution in [0.1, 0.15) is 15.9 Å². The molecule has 1 heterocycles. The quantitative estimate of drug-likeness (QED) is 0.823. The van der Waals surface area contributed by atoms with E-state index in [4.69, 9.17) is 34.8 Å². The SMILES string of the molecule is Cc1cnc(Cl)c(NC(=O)c2cc(Cl)ccc2Cl)c1. The van der Waals surface area contributed by atoms with E-state index >= 15 is 0 Å². The van der Waals surface area contributed by atoms with Crippen molar-refractivity contribution in [2.24, 2.45) is 0 Å². The second-order valence-corrected chi connectivity index (χ2v) is 5.13. The zero-order chi connectivity index (χ0) is 14.0. The maximum Gasteiger partial charge on any atom is 0.257 e. The van der Waals surface area contributed by atoms with Crippen molar-refractivity contribution in [3.63, 3.8) is 0 Å². The van der Waals surface area contributed by atoms with Crippen LogP contribution in [0.15, 0.2) is 30.5 Å². The van der Waals surface area contributed by atoms with Crippen molar-refractivity contribution < 1.29 is 4.79 Å². The molecule has 0 aliphatic rings. The van der Waals surface area contributed by atoms with Crippen LogP contribution in [0.4, 0.5) is 5.69 Å². The van der Waals surface area contributed by atoms with Gasteiger partial charge in [-0.1, -0.05) is 34.8 Å². The lowest BCUT2D eigenvalue weighted by Crippen LogP contribution is -2.13. The van der Waals surface area contributed by atoms with Gasteiger partial charge in [0.2, 0.25) is 0 Å². The third-order valence-electron chi connectivity index (χ3n) is 2.40. The highest BCUT2D eigenvalue weighted by Gasteiger charge is 2.13. The largest absolute Gasteiger partial charge is 0.319 e. The Kier molecular flexibility index (Phi) is 4.30. The Hall–Kier alpha value is -1.29. The van der Waals surface area contributed by atoms with Gasteiger partial charge in [-0.05, 0) is 36.8 Å². The fraction of sp³-hybridized carbons (Fsp3) is 0.0769. The number of anilines is 1. The Labute approximate surface area is 125 Å². The van der Waals surface area contributed by atoms with Crippen LogP contribution in [-0.4, -0.2) is 10.9 Å². The normalized spacial score (nSPS) is 10.3. The van der Waals surface area contributed by atoms with Gasteiger partial charge in [0.1, 0.15) is 0 Å². The molecule has 0 bridgehead atoms. The molecule has 2 aromatic rings. The van der Waals surface area contributed by atoms with Gasteiger partial charge in [-0.15, -0.1) is 0 Å². The number of nitrogens with zero attached hydrogens (tertiary/aromatic N) is 1. The molecule has 0 spiro atoms. The summed E-state index contributed by atoms with van der Waals surface area (Å²) < 4.78 is 0. The molecule has 19 heavy (non-hydrogen) atoms. The van der Waals surface area contributed by atoms with E-state index in [1.807, 2.05) is 6.92 Å². The number of halogens is 3. The number of carbonyl (C=O) groups is 1. The van der Waals surface area contributed by atoms with Crippen LogP contribution in [0, 0.1) is 6.92 Å². The van der Waals surface area contributed by atoms with Crippen molar-refractivity contribution in [3.8, 4) is 0 Å². The van der Waals surface area contributed by atoms with Crippen LogP contribution in [0.3, 0.4) is 0 Å². The minimum atomic E-state index is -0.387. The summed E-state index contributed by atoms with van der Waals surface area (Å²) in [5, 5.41) is 3.63. The van der Waals surface area contributed by atoms with E-state index in [0.29, 0.717) is 15.7 Å². The molecule has 1 aromatic heterocycles. The van der Waals surface area contributed by atoms with Gasteiger partial charge in [0, 0.05) is 11.2 Å². The number of aromatic nitrogens is 1. The van der Waals surface area contributed by atoms with Crippen LogP contribution in [0.25, 0.3) is 0 Å². The maximum absolute atomic E-state index is 12.1. The fourth-order valence-corrected chi connectivity index (χ4v) is 2.03. The lowest BCUT2D eigenvalue weighted by atomic mass is 10.2. The molecule has 0 radical (unpaired) electrons. The first kappa shape index (κ1) is 14.1. The van der Waals surface area contributed by atoms with E-state index in [1.54, 1.807) is 24.4 Å². The topological polar surface area (TPSA) is 42.0 Å². The number of hydrogen-bond acceptors (Lipinski definition) is 2. The van der Waals surface area contributed by atoms with Gasteiger partial charge in [0.15, 0.2) is 5.15 Å². The van der Waals surface area contributed by atoms with Crippen molar-refractivity contribution in [2.75, 3.05) is 5.32 Å². The van der Waals surface area contributed by atoms with Crippen molar-refractivity contribution in [3.05, 3.63) is 56.8 Å². The van der Waals surface area contributed by atoms with Crippen LogP contribution in [0.2, 0.25) is 15.2 Å². The molecular formula is C13H9Cl3N2O. The summed E-state index contributed by atoms with van der Waals surface area (Å²) in [5.74, 6) is -0.387. The predicted molar refractivity (Wildman–Crippen MR) is 78.4 cm³/mol. The first-order chi connectivity index (χ1) is 8.97. The minimum absolute atomic E-state index is 0.220. The average molecular weight is 316 g/mol. The Morgan fingerprint density at radius 2 is 1.95 bits per heavy atom. The number of pyridine rings is 1. The Balaban J connectivity index is 2.30. The zero-order valence-corrected chi connectivity index (χ0v) is 12.1. The molecule has 6 heteroatoms. The number of rotatable bonds is 2. The van der Waals surface area contributed by atoms with Gasteiger partial charge in [-0.2, -0.15) is 0 Å². The molecule has 2 rings (SSSR count). The van der Waals surface area contributed by atoms with E-state index in [0.717, 1.165) is 5.56 Å². The molecule has 3 nitrogen and oxygen atoms in total. The highest BCUT2D eigenvalue weighted by Crippen LogP contribution is 2.24. The summed E-state index contributed by atoms with van der Waals surface area (Å²) in [6.07, 6.45) is 1.62. The molecular weight excluding hydrogens is 307 g/mol. The third kappa shape index (κ3) is 3.38. The number of amides is 1. The Morgan fingerprint density at radius 1 is 1.21 bits per heavy atom. The van der Waals surface area contributed by atoms with E-state index in [1.165, 1.54) is 6.07 Å². The predicted octanol–water partition coefficient (Wildman–Crippen LogP) is 4.60.